The van der Waals surface area contributed by atoms with Crippen molar-refractivity contribution in [2.75, 3.05) is 13.2 Å². The van der Waals surface area contributed by atoms with Gasteiger partial charge >= 0.3 is 6.16 Å². The molecule has 0 aromatic carbocycles. The lowest BCUT2D eigenvalue weighted by Gasteiger charge is -2.15. The van der Waals surface area contributed by atoms with E-state index in [1.54, 1.807) is 0 Å². The highest BCUT2D eigenvalue weighted by Gasteiger charge is 2.10. The minimum Gasteiger partial charge on any atom is -0.450 e. The average Bonchev–Trinajstić information content (AvgIpc) is 2.09. The third-order valence-electron chi connectivity index (χ3n) is 1.67. The average molecular weight is 190 g/mol. The lowest BCUT2D eigenvalue weighted by atomic mass is 10.2. The number of carbonyl (C=O) groups is 1. The fraction of sp³-hybridized carbons (Fsp3) is 0.889. The van der Waals surface area contributed by atoms with E-state index in [0.717, 1.165) is 19.3 Å². The molecule has 0 saturated carbocycles. The summed E-state index contributed by atoms with van der Waals surface area (Å²) in [5, 5.41) is 8.28. The number of hydrogen-bond acceptors (Lipinski definition) is 3. The van der Waals surface area contributed by atoms with E-state index >= 15 is 0 Å². The van der Waals surface area contributed by atoms with Crippen LogP contribution in [0.4, 0.5) is 4.79 Å². The Morgan fingerprint density at radius 2 is 2.15 bits per heavy atom. The van der Waals surface area contributed by atoms with E-state index in [9.17, 15) is 4.79 Å². The van der Waals surface area contributed by atoms with Gasteiger partial charge in [-0.25, -0.2) is 4.79 Å². The van der Waals surface area contributed by atoms with Crippen LogP contribution < -0.4 is 0 Å². The van der Waals surface area contributed by atoms with Crippen LogP contribution in [0, 0.1) is 0 Å². The maximum atomic E-state index is 10.1. The normalized spacial score (nSPS) is 12.5. The zero-order valence-electron chi connectivity index (χ0n) is 8.28. The van der Waals surface area contributed by atoms with E-state index in [1.807, 2.05) is 6.92 Å². The Morgan fingerprint density at radius 1 is 1.46 bits per heavy atom. The Balaban J connectivity index is 3.59. The molecule has 4 heteroatoms. The lowest BCUT2D eigenvalue weighted by molar-refractivity contribution is -0.00691. The molecule has 0 aliphatic rings. The summed E-state index contributed by atoms with van der Waals surface area (Å²) in [4.78, 5) is 10.1. The molecular weight excluding hydrogens is 172 g/mol. The van der Waals surface area contributed by atoms with Crippen molar-refractivity contribution in [1.82, 2.24) is 0 Å². The van der Waals surface area contributed by atoms with Crippen LogP contribution in [0.25, 0.3) is 0 Å². The van der Waals surface area contributed by atoms with Crippen LogP contribution in [0.3, 0.4) is 0 Å². The standard InChI is InChI=1S/C9H18O4/c1-3-5-6-8(12-4-2)7-13-9(10)11/h8H,3-7H2,1-2H3,(H,10,11). The van der Waals surface area contributed by atoms with Crippen molar-refractivity contribution >= 4 is 6.16 Å². The summed E-state index contributed by atoms with van der Waals surface area (Å²) < 4.78 is 9.75. The molecule has 0 fully saturated rings. The number of hydrogen-bond donors (Lipinski definition) is 1. The smallest absolute Gasteiger partial charge is 0.450 e. The van der Waals surface area contributed by atoms with E-state index in [0.29, 0.717) is 6.61 Å². The highest BCUT2D eigenvalue weighted by molar-refractivity contribution is 5.56. The molecule has 0 aromatic rings. The largest absolute Gasteiger partial charge is 0.505 e. The van der Waals surface area contributed by atoms with Gasteiger partial charge in [0.2, 0.25) is 0 Å². The molecule has 78 valence electrons. The first-order chi connectivity index (χ1) is 6.20. The topological polar surface area (TPSA) is 55.8 Å². The molecule has 1 atom stereocenters. The van der Waals surface area contributed by atoms with Crippen molar-refractivity contribution in [3.63, 3.8) is 0 Å². The Kier molecular flexibility index (Phi) is 7.39. The summed E-state index contributed by atoms with van der Waals surface area (Å²) in [6, 6.07) is 0. The molecule has 0 rings (SSSR count). The fourth-order valence-corrected chi connectivity index (χ4v) is 1.05. The van der Waals surface area contributed by atoms with Gasteiger partial charge in [0.25, 0.3) is 0 Å². The third kappa shape index (κ3) is 7.59. The molecule has 0 amide bonds. The number of ether oxygens (including phenoxy) is 2. The molecule has 13 heavy (non-hydrogen) atoms. The van der Waals surface area contributed by atoms with Crippen LogP contribution in [0.2, 0.25) is 0 Å². The Labute approximate surface area is 78.8 Å². The van der Waals surface area contributed by atoms with E-state index < -0.39 is 6.16 Å². The lowest BCUT2D eigenvalue weighted by Crippen LogP contribution is -2.21. The monoisotopic (exact) mass is 190 g/mol. The summed E-state index contributed by atoms with van der Waals surface area (Å²) in [5.41, 5.74) is 0. The predicted molar refractivity (Wildman–Crippen MR) is 48.9 cm³/mol. The van der Waals surface area contributed by atoms with E-state index in [1.165, 1.54) is 0 Å². The van der Waals surface area contributed by atoms with Gasteiger partial charge in [-0.1, -0.05) is 19.8 Å². The highest BCUT2D eigenvalue weighted by Crippen LogP contribution is 2.05. The maximum absolute atomic E-state index is 10.1. The molecule has 0 aliphatic heterocycles. The second kappa shape index (κ2) is 7.86. The summed E-state index contributed by atoms with van der Waals surface area (Å²) in [6.45, 7) is 4.71. The number of unbranched alkanes of at least 4 members (excludes halogenated alkanes) is 1. The summed E-state index contributed by atoms with van der Waals surface area (Å²) >= 11 is 0. The van der Waals surface area contributed by atoms with Gasteiger partial charge in [-0.15, -0.1) is 0 Å². The van der Waals surface area contributed by atoms with Crippen molar-refractivity contribution in [1.29, 1.82) is 0 Å². The number of rotatable bonds is 7. The second-order valence-electron chi connectivity index (χ2n) is 2.80. The van der Waals surface area contributed by atoms with E-state index in [4.69, 9.17) is 9.84 Å². The van der Waals surface area contributed by atoms with Crippen LogP contribution >= 0.6 is 0 Å². The molecular formula is C9H18O4. The molecule has 0 bridgehead atoms. The van der Waals surface area contributed by atoms with Crippen molar-refractivity contribution < 1.29 is 19.4 Å². The van der Waals surface area contributed by atoms with Crippen LogP contribution in [-0.2, 0) is 9.47 Å². The first kappa shape index (κ1) is 12.2. The minimum absolute atomic E-state index is 0.0824. The minimum atomic E-state index is -1.23. The molecule has 4 nitrogen and oxygen atoms in total. The summed E-state index contributed by atoms with van der Waals surface area (Å²) in [5.74, 6) is 0. The van der Waals surface area contributed by atoms with Crippen molar-refractivity contribution in [2.45, 2.75) is 39.2 Å². The van der Waals surface area contributed by atoms with Crippen LogP contribution in [0.1, 0.15) is 33.1 Å². The summed E-state index contributed by atoms with van der Waals surface area (Å²) in [6.07, 6.45) is 1.66. The Bertz CT molecular complexity index is 136. The van der Waals surface area contributed by atoms with Gasteiger partial charge in [-0.2, -0.15) is 0 Å². The van der Waals surface area contributed by atoms with Crippen molar-refractivity contribution in [2.24, 2.45) is 0 Å². The first-order valence-corrected chi connectivity index (χ1v) is 4.68. The molecule has 0 aliphatic carbocycles. The molecule has 1 N–H and O–H groups in total. The van der Waals surface area contributed by atoms with Gasteiger partial charge in [-0.3, -0.25) is 0 Å². The van der Waals surface area contributed by atoms with Gasteiger partial charge in [0, 0.05) is 6.61 Å². The number of carboxylic acid groups (broad SMARTS) is 1. The van der Waals surface area contributed by atoms with Gasteiger partial charge in [0.15, 0.2) is 0 Å². The SMILES string of the molecule is CCCCC(COC(=O)O)OCC. The fourth-order valence-electron chi connectivity index (χ4n) is 1.05. The van der Waals surface area contributed by atoms with E-state index in [-0.39, 0.29) is 12.7 Å². The predicted octanol–water partition coefficient (Wildman–Crippen LogP) is 2.28. The van der Waals surface area contributed by atoms with Gasteiger partial charge in [0.05, 0.1) is 6.10 Å². The van der Waals surface area contributed by atoms with Gasteiger partial charge in [0.1, 0.15) is 6.61 Å². The summed E-state index contributed by atoms with van der Waals surface area (Å²) in [7, 11) is 0. The highest BCUT2D eigenvalue weighted by atomic mass is 16.7. The zero-order valence-corrected chi connectivity index (χ0v) is 8.28. The molecule has 0 radical (unpaired) electrons. The van der Waals surface area contributed by atoms with Gasteiger partial charge in [-0.05, 0) is 13.3 Å². The van der Waals surface area contributed by atoms with Crippen molar-refractivity contribution in [3.05, 3.63) is 0 Å². The molecule has 0 aromatic heterocycles. The third-order valence-corrected chi connectivity index (χ3v) is 1.67. The first-order valence-electron chi connectivity index (χ1n) is 4.68. The molecule has 0 saturated heterocycles. The van der Waals surface area contributed by atoms with E-state index in [2.05, 4.69) is 11.7 Å². The van der Waals surface area contributed by atoms with Crippen LogP contribution in [0.15, 0.2) is 0 Å². The van der Waals surface area contributed by atoms with Crippen molar-refractivity contribution in [3.8, 4) is 0 Å². The van der Waals surface area contributed by atoms with Gasteiger partial charge < -0.3 is 14.6 Å². The second-order valence-corrected chi connectivity index (χ2v) is 2.80. The Hall–Kier alpha value is -0.770. The van der Waals surface area contributed by atoms with Crippen LogP contribution in [0.5, 0.6) is 0 Å². The van der Waals surface area contributed by atoms with Crippen LogP contribution in [-0.4, -0.2) is 30.6 Å². The molecule has 0 spiro atoms. The molecule has 1 unspecified atom stereocenters. The maximum Gasteiger partial charge on any atom is 0.505 e. The quantitative estimate of drug-likeness (QED) is 0.626. The molecule has 0 heterocycles. The zero-order chi connectivity index (χ0) is 10.1. The Morgan fingerprint density at radius 3 is 2.62 bits per heavy atom.